The van der Waals surface area contributed by atoms with E-state index in [9.17, 15) is 13.5 Å². The molecule has 0 spiro atoms. The van der Waals surface area contributed by atoms with Crippen molar-refractivity contribution in [2.75, 3.05) is 6.61 Å². The van der Waals surface area contributed by atoms with Gasteiger partial charge in [0.15, 0.2) is 0 Å². The largest absolute Gasteiger partial charge is 0.395 e. The van der Waals surface area contributed by atoms with Gasteiger partial charge < -0.3 is 5.11 Å². The van der Waals surface area contributed by atoms with Crippen molar-refractivity contribution in [3.63, 3.8) is 0 Å². The molecule has 1 unspecified atom stereocenters. The van der Waals surface area contributed by atoms with Gasteiger partial charge in [-0.3, -0.25) is 4.68 Å². The zero-order chi connectivity index (χ0) is 14.6. The summed E-state index contributed by atoms with van der Waals surface area (Å²) in [6, 6.07) is 8.85. The molecular weight excluding hydrogens is 278 g/mol. The second-order valence-corrected chi connectivity index (χ2v) is 6.25. The lowest BCUT2D eigenvalue weighted by molar-refractivity contribution is 0.256. The van der Waals surface area contributed by atoms with Crippen molar-refractivity contribution < 1.29 is 13.5 Å². The molecule has 0 aliphatic heterocycles. The number of hydrogen-bond acceptors (Lipinski definition) is 4. The minimum atomic E-state index is -3.66. The Balaban J connectivity index is 2.10. The molecular formula is C13H17N3O3S. The van der Waals surface area contributed by atoms with E-state index in [1.807, 2.05) is 30.3 Å². The number of aromatic nitrogens is 2. The van der Waals surface area contributed by atoms with Crippen LogP contribution in [-0.4, -0.2) is 36.0 Å². The van der Waals surface area contributed by atoms with E-state index >= 15 is 0 Å². The van der Waals surface area contributed by atoms with Gasteiger partial charge in [-0.2, -0.15) is 5.10 Å². The Kier molecular flexibility index (Phi) is 4.53. The van der Waals surface area contributed by atoms with Crippen LogP contribution in [0.15, 0.2) is 47.6 Å². The van der Waals surface area contributed by atoms with Crippen molar-refractivity contribution in [1.29, 1.82) is 0 Å². The number of hydrogen-bond donors (Lipinski definition) is 2. The summed E-state index contributed by atoms with van der Waals surface area (Å²) in [6.45, 7) is -0.269. The highest BCUT2D eigenvalue weighted by Gasteiger charge is 2.21. The fourth-order valence-electron chi connectivity index (χ4n) is 1.87. The van der Waals surface area contributed by atoms with Crippen LogP contribution in [0, 0.1) is 0 Å². The third-order valence-electron chi connectivity index (χ3n) is 2.86. The smallest absolute Gasteiger partial charge is 0.244 e. The van der Waals surface area contributed by atoms with E-state index in [1.54, 1.807) is 7.05 Å². The lowest BCUT2D eigenvalue weighted by atomic mass is 10.1. The van der Waals surface area contributed by atoms with Gasteiger partial charge in [0, 0.05) is 19.3 Å². The predicted molar refractivity (Wildman–Crippen MR) is 74.5 cm³/mol. The van der Waals surface area contributed by atoms with Crippen LogP contribution in [0.5, 0.6) is 0 Å². The minimum absolute atomic E-state index is 0.0894. The number of nitrogens with one attached hydrogen (secondary N) is 1. The molecule has 2 aromatic rings. The Labute approximate surface area is 118 Å². The van der Waals surface area contributed by atoms with Gasteiger partial charge in [0.1, 0.15) is 4.90 Å². The van der Waals surface area contributed by atoms with Gasteiger partial charge >= 0.3 is 0 Å². The van der Waals surface area contributed by atoms with Crippen LogP contribution in [0.1, 0.15) is 5.56 Å². The van der Waals surface area contributed by atoms with Gasteiger partial charge in [0.2, 0.25) is 10.0 Å². The minimum Gasteiger partial charge on any atom is -0.395 e. The van der Waals surface area contributed by atoms with Gasteiger partial charge in [-0.15, -0.1) is 0 Å². The molecule has 0 aliphatic carbocycles. The second-order valence-electron chi connectivity index (χ2n) is 4.54. The average molecular weight is 295 g/mol. The van der Waals surface area contributed by atoms with Crippen LogP contribution >= 0.6 is 0 Å². The van der Waals surface area contributed by atoms with Crippen LogP contribution in [0.3, 0.4) is 0 Å². The quantitative estimate of drug-likeness (QED) is 0.803. The van der Waals surface area contributed by atoms with E-state index in [4.69, 9.17) is 0 Å². The van der Waals surface area contributed by atoms with Crippen molar-refractivity contribution in [2.24, 2.45) is 7.05 Å². The number of sulfonamides is 1. The van der Waals surface area contributed by atoms with Crippen molar-refractivity contribution in [1.82, 2.24) is 14.5 Å². The third kappa shape index (κ3) is 3.66. The number of rotatable bonds is 6. The number of aliphatic hydroxyl groups excluding tert-OH is 1. The molecule has 0 radical (unpaired) electrons. The Morgan fingerprint density at radius 2 is 2.05 bits per heavy atom. The first-order valence-corrected chi connectivity index (χ1v) is 7.65. The fourth-order valence-corrected chi connectivity index (χ4v) is 3.08. The topological polar surface area (TPSA) is 84.2 Å². The Hall–Kier alpha value is -1.70. The molecule has 0 fully saturated rings. The van der Waals surface area contributed by atoms with Crippen LogP contribution in [-0.2, 0) is 23.5 Å². The Morgan fingerprint density at radius 3 is 2.60 bits per heavy atom. The lowest BCUT2D eigenvalue weighted by Crippen LogP contribution is -2.38. The Bertz CT molecular complexity index is 653. The Morgan fingerprint density at radius 1 is 1.35 bits per heavy atom. The first-order valence-electron chi connectivity index (χ1n) is 6.17. The van der Waals surface area contributed by atoms with Crippen LogP contribution in [0.25, 0.3) is 0 Å². The molecule has 1 heterocycles. The van der Waals surface area contributed by atoms with Gasteiger partial charge in [0.25, 0.3) is 0 Å². The predicted octanol–water partition coefficient (Wildman–Crippen LogP) is 0.302. The first kappa shape index (κ1) is 14.7. The molecule has 1 aromatic carbocycles. The molecule has 2 N–H and O–H groups in total. The fraction of sp³-hybridized carbons (Fsp3) is 0.308. The third-order valence-corrected chi connectivity index (χ3v) is 4.33. The molecule has 0 saturated heterocycles. The molecule has 1 atom stereocenters. The molecule has 0 bridgehead atoms. The average Bonchev–Trinajstić information content (AvgIpc) is 2.86. The number of benzene rings is 1. The summed E-state index contributed by atoms with van der Waals surface area (Å²) in [4.78, 5) is 0.0894. The molecule has 0 aliphatic rings. The van der Waals surface area contributed by atoms with Crippen LogP contribution < -0.4 is 4.72 Å². The number of aryl methyl sites for hydroxylation is 1. The zero-order valence-corrected chi connectivity index (χ0v) is 11.9. The highest BCUT2D eigenvalue weighted by atomic mass is 32.2. The van der Waals surface area contributed by atoms with Crippen LogP contribution in [0.2, 0.25) is 0 Å². The maximum Gasteiger partial charge on any atom is 0.244 e. The van der Waals surface area contributed by atoms with Crippen LogP contribution in [0.4, 0.5) is 0 Å². The lowest BCUT2D eigenvalue weighted by Gasteiger charge is -2.15. The standard InChI is InChI=1S/C13H17N3O3S/c1-16-9-13(8-14-16)20(18,19)15-12(10-17)7-11-5-3-2-4-6-11/h2-6,8-9,12,15,17H,7,10H2,1H3. The summed E-state index contributed by atoms with van der Waals surface area (Å²) in [6.07, 6.45) is 3.12. The number of nitrogens with zero attached hydrogens (tertiary/aromatic N) is 2. The molecule has 108 valence electrons. The van der Waals surface area contributed by atoms with E-state index < -0.39 is 16.1 Å². The molecule has 7 heteroatoms. The molecule has 0 saturated carbocycles. The number of aliphatic hydroxyl groups is 1. The zero-order valence-electron chi connectivity index (χ0n) is 11.1. The SMILES string of the molecule is Cn1cc(S(=O)(=O)NC(CO)Cc2ccccc2)cn1. The summed E-state index contributed by atoms with van der Waals surface area (Å²) in [5.41, 5.74) is 0.959. The molecule has 1 aromatic heterocycles. The highest BCUT2D eigenvalue weighted by Crippen LogP contribution is 2.09. The van der Waals surface area contributed by atoms with E-state index in [2.05, 4.69) is 9.82 Å². The summed E-state index contributed by atoms with van der Waals surface area (Å²) in [5.74, 6) is 0. The van der Waals surface area contributed by atoms with Crippen molar-refractivity contribution in [3.05, 3.63) is 48.3 Å². The van der Waals surface area contributed by atoms with Crippen molar-refractivity contribution in [3.8, 4) is 0 Å². The van der Waals surface area contributed by atoms with E-state index in [0.717, 1.165) is 5.56 Å². The van der Waals surface area contributed by atoms with E-state index in [1.165, 1.54) is 17.1 Å². The van der Waals surface area contributed by atoms with E-state index in [-0.39, 0.29) is 11.5 Å². The summed E-state index contributed by atoms with van der Waals surface area (Å²) in [7, 11) is -2.02. The van der Waals surface area contributed by atoms with E-state index in [0.29, 0.717) is 6.42 Å². The first-order chi connectivity index (χ1) is 9.51. The molecule has 20 heavy (non-hydrogen) atoms. The van der Waals surface area contributed by atoms with Crippen molar-refractivity contribution in [2.45, 2.75) is 17.4 Å². The summed E-state index contributed by atoms with van der Waals surface area (Å²) < 4.78 is 28.2. The van der Waals surface area contributed by atoms with Gasteiger partial charge in [0.05, 0.1) is 12.8 Å². The van der Waals surface area contributed by atoms with Crippen molar-refractivity contribution >= 4 is 10.0 Å². The maximum atomic E-state index is 12.1. The van der Waals surface area contributed by atoms with Gasteiger partial charge in [-0.25, -0.2) is 13.1 Å². The maximum absolute atomic E-state index is 12.1. The molecule has 0 amide bonds. The second kappa shape index (κ2) is 6.17. The van der Waals surface area contributed by atoms with Gasteiger partial charge in [-0.05, 0) is 12.0 Å². The normalized spacial score (nSPS) is 13.3. The summed E-state index contributed by atoms with van der Waals surface area (Å²) in [5, 5.41) is 13.2. The highest BCUT2D eigenvalue weighted by molar-refractivity contribution is 7.89. The van der Waals surface area contributed by atoms with Gasteiger partial charge in [-0.1, -0.05) is 30.3 Å². The summed E-state index contributed by atoms with van der Waals surface area (Å²) >= 11 is 0. The monoisotopic (exact) mass is 295 g/mol. The molecule has 6 nitrogen and oxygen atoms in total. The molecule has 2 rings (SSSR count).